The highest BCUT2D eigenvalue weighted by atomic mass is 35.5. The largest absolute Gasteiger partial charge is 0.486 e. The van der Waals surface area contributed by atoms with Crippen molar-refractivity contribution < 1.29 is 9.53 Å². The fourth-order valence-corrected chi connectivity index (χ4v) is 2.97. The molecule has 0 saturated carbocycles. The van der Waals surface area contributed by atoms with Gasteiger partial charge in [-0.1, -0.05) is 41.6 Å². The Hall–Kier alpha value is -2.51. The van der Waals surface area contributed by atoms with Crippen LogP contribution in [0.15, 0.2) is 59.8 Å². The molecule has 1 aromatic heterocycles. The second kappa shape index (κ2) is 8.73. The topological polar surface area (TPSA) is 71.1 Å². The number of rotatable bonds is 7. The van der Waals surface area contributed by atoms with Crippen LogP contribution in [0.4, 0.5) is 5.69 Å². The van der Waals surface area contributed by atoms with Crippen molar-refractivity contribution in [1.29, 1.82) is 0 Å². The molecule has 26 heavy (non-hydrogen) atoms. The first-order chi connectivity index (χ1) is 12.6. The molecule has 0 atom stereocenters. The molecule has 3 aromatic rings. The van der Waals surface area contributed by atoms with Gasteiger partial charge < -0.3 is 9.64 Å². The smallest absolute Gasteiger partial charge is 0.237 e. The monoisotopic (exact) mass is 388 g/mol. The molecule has 1 amide bonds. The van der Waals surface area contributed by atoms with E-state index in [1.807, 2.05) is 30.3 Å². The number of halogens is 1. The molecule has 0 unspecified atom stereocenters. The molecule has 0 aliphatic rings. The van der Waals surface area contributed by atoms with Crippen molar-refractivity contribution in [3.63, 3.8) is 0 Å². The number of hydrogen-bond acceptors (Lipinski definition) is 5. The average molecular weight is 389 g/mol. The van der Waals surface area contributed by atoms with Crippen LogP contribution in [0.1, 0.15) is 5.82 Å². The number of anilines is 1. The summed E-state index contributed by atoms with van der Waals surface area (Å²) in [6, 6.07) is 16.6. The van der Waals surface area contributed by atoms with E-state index in [0.717, 1.165) is 5.69 Å². The van der Waals surface area contributed by atoms with Crippen molar-refractivity contribution in [2.75, 3.05) is 17.7 Å². The minimum Gasteiger partial charge on any atom is -0.486 e. The molecule has 0 aliphatic carbocycles. The van der Waals surface area contributed by atoms with E-state index >= 15 is 0 Å². The Bertz CT molecular complexity index is 855. The predicted octanol–water partition coefficient (Wildman–Crippen LogP) is 3.79. The second-order valence-electron chi connectivity index (χ2n) is 5.38. The van der Waals surface area contributed by atoms with Gasteiger partial charge in [-0.2, -0.15) is 0 Å². The molecular formula is C18H17ClN4O2S. The third-order valence-electron chi connectivity index (χ3n) is 3.54. The molecule has 1 N–H and O–H groups in total. The number of aromatic amines is 1. The van der Waals surface area contributed by atoms with E-state index in [1.165, 1.54) is 11.8 Å². The minimum atomic E-state index is -0.0232. The minimum absolute atomic E-state index is 0.0232. The summed E-state index contributed by atoms with van der Waals surface area (Å²) in [6.45, 7) is 0.257. The van der Waals surface area contributed by atoms with Gasteiger partial charge in [0.15, 0.2) is 5.82 Å². The zero-order valence-electron chi connectivity index (χ0n) is 14.1. The molecule has 0 saturated heterocycles. The van der Waals surface area contributed by atoms with Crippen LogP contribution in [0.5, 0.6) is 5.75 Å². The van der Waals surface area contributed by atoms with Crippen LogP contribution < -0.4 is 9.64 Å². The number of nitrogens with one attached hydrogen (secondary N) is 1. The summed E-state index contributed by atoms with van der Waals surface area (Å²) >= 11 is 7.11. The fraction of sp³-hybridized carbons (Fsp3) is 0.167. The standard InChI is InChI=1S/C18H17ClN4O2S/c1-23(14-5-3-2-4-6-14)17(24)12-26-18-20-16(21-22-18)11-25-15-9-7-13(19)8-10-15/h2-10H,11-12H2,1H3,(H,20,21,22). The third kappa shape index (κ3) is 5.00. The lowest BCUT2D eigenvalue weighted by Crippen LogP contribution is -2.27. The number of hydrogen-bond donors (Lipinski definition) is 1. The zero-order valence-corrected chi connectivity index (χ0v) is 15.6. The highest BCUT2D eigenvalue weighted by molar-refractivity contribution is 7.99. The summed E-state index contributed by atoms with van der Waals surface area (Å²) in [5.74, 6) is 1.51. The van der Waals surface area contributed by atoms with Crippen LogP contribution in [-0.2, 0) is 11.4 Å². The number of H-pyrrole nitrogens is 1. The zero-order chi connectivity index (χ0) is 18.4. The molecule has 1 heterocycles. The van der Waals surface area contributed by atoms with Crippen molar-refractivity contribution in [3.05, 3.63) is 65.4 Å². The van der Waals surface area contributed by atoms with Gasteiger partial charge >= 0.3 is 0 Å². The van der Waals surface area contributed by atoms with Crippen LogP contribution >= 0.6 is 23.4 Å². The lowest BCUT2D eigenvalue weighted by Gasteiger charge is -2.16. The highest BCUT2D eigenvalue weighted by Gasteiger charge is 2.13. The molecule has 3 rings (SSSR count). The van der Waals surface area contributed by atoms with Gasteiger partial charge in [0, 0.05) is 17.8 Å². The van der Waals surface area contributed by atoms with Crippen LogP contribution in [0, 0.1) is 0 Å². The molecule has 2 aromatic carbocycles. The van der Waals surface area contributed by atoms with E-state index in [4.69, 9.17) is 16.3 Å². The van der Waals surface area contributed by atoms with Gasteiger partial charge in [-0.15, -0.1) is 5.10 Å². The molecule has 8 heteroatoms. The van der Waals surface area contributed by atoms with Crippen molar-refractivity contribution in [2.45, 2.75) is 11.8 Å². The van der Waals surface area contributed by atoms with Crippen LogP contribution in [0.3, 0.4) is 0 Å². The van der Waals surface area contributed by atoms with Gasteiger partial charge in [-0.3, -0.25) is 9.89 Å². The summed E-state index contributed by atoms with van der Waals surface area (Å²) in [4.78, 5) is 18.2. The van der Waals surface area contributed by atoms with E-state index < -0.39 is 0 Å². The summed E-state index contributed by atoms with van der Waals surface area (Å²) in [7, 11) is 1.75. The maximum atomic E-state index is 12.3. The first-order valence-corrected chi connectivity index (χ1v) is 9.22. The number of amides is 1. The van der Waals surface area contributed by atoms with Gasteiger partial charge in [-0.25, -0.2) is 4.98 Å². The molecule has 0 fully saturated rings. The molecule has 0 bridgehead atoms. The van der Waals surface area contributed by atoms with E-state index in [2.05, 4.69) is 15.2 Å². The molecule has 0 spiro atoms. The van der Waals surface area contributed by atoms with E-state index in [-0.39, 0.29) is 18.3 Å². The number of ether oxygens (including phenoxy) is 1. The molecular weight excluding hydrogens is 372 g/mol. The first kappa shape index (κ1) is 18.3. The lowest BCUT2D eigenvalue weighted by atomic mass is 10.3. The summed E-state index contributed by atoms with van der Waals surface area (Å²) in [5.41, 5.74) is 0.852. The predicted molar refractivity (Wildman–Crippen MR) is 103 cm³/mol. The Labute approximate surface area is 160 Å². The van der Waals surface area contributed by atoms with Gasteiger partial charge in [0.05, 0.1) is 5.75 Å². The van der Waals surface area contributed by atoms with Crippen molar-refractivity contribution in [3.8, 4) is 5.75 Å². The molecule has 0 radical (unpaired) electrons. The van der Waals surface area contributed by atoms with Crippen LogP contribution in [0.2, 0.25) is 5.02 Å². The van der Waals surface area contributed by atoms with Crippen molar-refractivity contribution in [1.82, 2.24) is 15.2 Å². The fourth-order valence-electron chi connectivity index (χ4n) is 2.11. The lowest BCUT2D eigenvalue weighted by molar-refractivity contribution is -0.115. The SMILES string of the molecule is CN(C(=O)CSc1n[nH]c(COc2ccc(Cl)cc2)n1)c1ccccc1. The number of nitrogens with zero attached hydrogens (tertiary/aromatic N) is 3. The van der Waals surface area contributed by atoms with Gasteiger partial charge in [-0.05, 0) is 36.4 Å². The van der Waals surface area contributed by atoms with Gasteiger partial charge in [0.25, 0.3) is 0 Å². The quantitative estimate of drug-likeness (QED) is 0.623. The Morgan fingerprint density at radius 1 is 1.19 bits per heavy atom. The van der Waals surface area contributed by atoms with E-state index in [0.29, 0.717) is 21.8 Å². The number of carbonyl (C=O) groups excluding carboxylic acids is 1. The Morgan fingerprint density at radius 3 is 2.65 bits per heavy atom. The Balaban J connectivity index is 1.49. The maximum absolute atomic E-state index is 12.3. The van der Waals surface area contributed by atoms with Crippen LogP contribution in [0.25, 0.3) is 0 Å². The van der Waals surface area contributed by atoms with Gasteiger partial charge in [0.1, 0.15) is 12.4 Å². The number of para-hydroxylation sites is 1. The van der Waals surface area contributed by atoms with E-state index in [1.54, 1.807) is 36.2 Å². The second-order valence-corrected chi connectivity index (χ2v) is 6.76. The molecule has 6 nitrogen and oxygen atoms in total. The molecule has 134 valence electrons. The Kier molecular flexibility index (Phi) is 6.14. The normalized spacial score (nSPS) is 10.5. The van der Waals surface area contributed by atoms with Crippen LogP contribution in [-0.4, -0.2) is 33.9 Å². The first-order valence-electron chi connectivity index (χ1n) is 7.86. The van der Waals surface area contributed by atoms with Crippen molar-refractivity contribution in [2.24, 2.45) is 0 Å². The summed E-state index contributed by atoms with van der Waals surface area (Å²) < 4.78 is 5.61. The number of aromatic nitrogens is 3. The number of carbonyl (C=O) groups is 1. The highest BCUT2D eigenvalue weighted by Crippen LogP contribution is 2.18. The summed E-state index contributed by atoms with van der Waals surface area (Å²) in [6.07, 6.45) is 0. The average Bonchev–Trinajstić information content (AvgIpc) is 3.13. The Morgan fingerprint density at radius 2 is 1.92 bits per heavy atom. The number of thioether (sulfide) groups is 1. The molecule has 0 aliphatic heterocycles. The van der Waals surface area contributed by atoms with Gasteiger partial charge in [0.2, 0.25) is 11.1 Å². The summed E-state index contributed by atoms with van der Waals surface area (Å²) in [5, 5.41) is 8.08. The maximum Gasteiger partial charge on any atom is 0.237 e. The van der Waals surface area contributed by atoms with Crippen molar-refractivity contribution >= 4 is 35.0 Å². The number of benzene rings is 2. The van der Waals surface area contributed by atoms with E-state index in [9.17, 15) is 4.79 Å². The third-order valence-corrected chi connectivity index (χ3v) is 4.63.